The van der Waals surface area contributed by atoms with Crippen molar-refractivity contribution in [1.29, 1.82) is 0 Å². The monoisotopic (exact) mass is 418 g/mol. The number of nitrogens with zero attached hydrogens (tertiary/aromatic N) is 1. The second kappa shape index (κ2) is 8.22. The third kappa shape index (κ3) is 4.25. The molecule has 2 aromatic carbocycles. The summed E-state index contributed by atoms with van der Waals surface area (Å²) in [7, 11) is -0.823. The van der Waals surface area contributed by atoms with Crippen LogP contribution in [0.15, 0.2) is 47.4 Å². The van der Waals surface area contributed by atoms with Gasteiger partial charge in [0.15, 0.2) is 0 Å². The molecule has 1 atom stereocenters. The Morgan fingerprint density at radius 1 is 0.966 bits per heavy atom. The van der Waals surface area contributed by atoms with E-state index in [9.17, 15) is 18.0 Å². The minimum atomic E-state index is -3.85. The van der Waals surface area contributed by atoms with Crippen molar-refractivity contribution in [1.82, 2.24) is 4.72 Å². The smallest absolute Gasteiger partial charge is 0.241 e. The zero-order valence-corrected chi connectivity index (χ0v) is 17.2. The number of rotatable bonds is 7. The summed E-state index contributed by atoms with van der Waals surface area (Å²) in [5.74, 6) is 0.531. The molecule has 1 saturated heterocycles. The second-order valence-electron chi connectivity index (χ2n) is 6.57. The van der Waals surface area contributed by atoms with E-state index in [4.69, 9.17) is 9.47 Å². The van der Waals surface area contributed by atoms with Crippen molar-refractivity contribution in [3.05, 3.63) is 48.0 Å². The van der Waals surface area contributed by atoms with E-state index in [0.29, 0.717) is 22.7 Å². The molecule has 0 bridgehead atoms. The van der Waals surface area contributed by atoms with E-state index in [2.05, 4.69) is 4.72 Å². The topological polar surface area (TPSA) is 102 Å². The number of nitrogens with one attached hydrogen (secondary N) is 1. The van der Waals surface area contributed by atoms with Crippen LogP contribution in [-0.2, 0) is 19.6 Å². The number of carbonyl (C=O) groups excluding carboxylic acids is 2. The van der Waals surface area contributed by atoms with E-state index < -0.39 is 16.1 Å². The van der Waals surface area contributed by atoms with Crippen LogP contribution in [0.25, 0.3) is 0 Å². The van der Waals surface area contributed by atoms with E-state index in [1.165, 1.54) is 38.5 Å². The van der Waals surface area contributed by atoms with Gasteiger partial charge in [0, 0.05) is 24.4 Å². The van der Waals surface area contributed by atoms with Gasteiger partial charge < -0.3 is 9.47 Å². The highest BCUT2D eigenvalue weighted by molar-refractivity contribution is 7.89. The molecule has 3 rings (SSSR count). The minimum Gasteiger partial charge on any atom is -0.497 e. The first kappa shape index (κ1) is 20.8. The molecule has 0 aromatic heterocycles. The van der Waals surface area contributed by atoms with Crippen molar-refractivity contribution < 1.29 is 27.5 Å². The van der Waals surface area contributed by atoms with Gasteiger partial charge in [0.25, 0.3) is 0 Å². The molecule has 0 unspecified atom stereocenters. The lowest BCUT2D eigenvalue weighted by Gasteiger charge is -2.19. The van der Waals surface area contributed by atoms with Crippen LogP contribution in [0, 0.1) is 0 Å². The van der Waals surface area contributed by atoms with Gasteiger partial charge in [-0.2, -0.15) is 0 Å². The number of sulfonamides is 1. The molecular formula is C20H22N2O6S. The Bertz CT molecular complexity index is 1020. The lowest BCUT2D eigenvalue weighted by atomic mass is 10.1. The van der Waals surface area contributed by atoms with Gasteiger partial charge in [-0.3, -0.25) is 14.5 Å². The van der Waals surface area contributed by atoms with Gasteiger partial charge in [-0.25, -0.2) is 13.1 Å². The Morgan fingerprint density at radius 2 is 1.59 bits per heavy atom. The van der Waals surface area contributed by atoms with Crippen LogP contribution in [0.5, 0.6) is 11.5 Å². The van der Waals surface area contributed by atoms with E-state index in [-0.39, 0.29) is 29.6 Å². The predicted molar refractivity (Wildman–Crippen MR) is 106 cm³/mol. The maximum Gasteiger partial charge on any atom is 0.241 e. The number of benzene rings is 2. The van der Waals surface area contributed by atoms with Gasteiger partial charge >= 0.3 is 0 Å². The Labute approximate surface area is 169 Å². The number of amides is 2. The van der Waals surface area contributed by atoms with Crippen molar-refractivity contribution in [2.45, 2.75) is 30.7 Å². The molecule has 154 valence electrons. The molecule has 0 saturated carbocycles. The summed E-state index contributed by atoms with van der Waals surface area (Å²) in [5.41, 5.74) is 0.985. The summed E-state index contributed by atoms with van der Waals surface area (Å²) in [6.45, 7) is 1.70. The van der Waals surface area contributed by atoms with Gasteiger partial charge in [0.2, 0.25) is 21.8 Å². The van der Waals surface area contributed by atoms with Gasteiger partial charge in [-0.15, -0.1) is 0 Å². The first-order valence-corrected chi connectivity index (χ1v) is 10.4. The highest BCUT2D eigenvalue weighted by Gasteiger charge is 2.30. The van der Waals surface area contributed by atoms with Crippen LogP contribution < -0.4 is 19.1 Å². The Kier molecular flexibility index (Phi) is 5.90. The first-order chi connectivity index (χ1) is 13.8. The average molecular weight is 418 g/mol. The summed E-state index contributed by atoms with van der Waals surface area (Å²) >= 11 is 0. The molecule has 0 spiro atoms. The van der Waals surface area contributed by atoms with Crippen LogP contribution in [0.1, 0.15) is 31.4 Å². The summed E-state index contributed by atoms with van der Waals surface area (Å²) in [5, 5.41) is 0. The van der Waals surface area contributed by atoms with Crippen LogP contribution in [0.3, 0.4) is 0 Å². The molecule has 0 radical (unpaired) electrons. The van der Waals surface area contributed by atoms with Crippen molar-refractivity contribution in [3.63, 3.8) is 0 Å². The maximum atomic E-state index is 12.8. The number of methoxy groups -OCH3 is 2. The number of anilines is 1. The second-order valence-corrected chi connectivity index (χ2v) is 8.28. The summed E-state index contributed by atoms with van der Waals surface area (Å²) in [6.07, 6.45) is 0.334. The predicted octanol–water partition coefficient (Wildman–Crippen LogP) is 2.40. The normalized spacial score (nSPS) is 15.5. The fourth-order valence-electron chi connectivity index (χ4n) is 3.18. The molecule has 9 heteroatoms. The quantitative estimate of drug-likeness (QED) is 0.693. The number of imide groups is 1. The Hall–Kier alpha value is -2.91. The maximum absolute atomic E-state index is 12.8. The molecule has 1 N–H and O–H groups in total. The van der Waals surface area contributed by atoms with Crippen molar-refractivity contribution in [3.8, 4) is 11.5 Å². The van der Waals surface area contributed by atoms with E-state index >= 15 is 0 Å². The molecule has 1 heterocycles. The number of ether oxygens (including phenoxy) is 2. The Balaban J connectivity index is 1.83. The van der Waals surface area contributed by atoms with Crippen LogP contribution in [0.4, 0.5) is 5.69 Å². The SMILES string of the molecule is COc1ccc(OC)c([C@@H](C)NS(=O)(=O)c2ccc(N3C(=O)CCC3=O)cc2)c1. The Morgan fingerprint density at radius 3 is 2.14 bits per heavy atom. The molecule has 1 aliphatic rings. The molecule has 0 aliphatic carbocycles. The fraction of sp³-hybridized carbons (Fsp3) is 0.300. The fourth-order valence-corrected chi connectivity index (χ4v) is 4.40. The van der Waals surface area contributed by atoms with E-state index in [1.807, 2.05) is 0 Å². The summed E-state index contributed by atoms with van der Waals surface area (Å²) < 4.78 is 38.7. The molecule has 29 heavy (non-hydrogen) atoms. The molecule has 1 fully saturated rings. The summed E-state index contributed by atoms with van der Waals surface area (Å²) in [6, 6.07) is 10.2. The number of carbonyl (C=O) groups is 2. The van der Waals surface area contributed by atoms with Crippen LogP contribution in [-0.4, -0.2) is 34.5 Å². The van der Waals surface area contributed by atoms with Crippen molar-refractivity contribution >= 4 is 27.5 Å². The lowest BCUT2D eigenvalue weighted by Crippen LogP contribution is -2.29. The van der Waals surface area contributed by atoms with Crippen molar-refractivity contribution in [2.24, 2.45) is 0 Å². The largest absolute Gasteiger partial charge is 0.497 e. The zero-order chi connectivity index (χ0) is 21.2. The minimum absolute atomic E-state index is 0.0223. The van der Waals surface area contributed by atoms with Gasteiger partial charge in [-0.1, -0.05) is 0 Å². The highest BCUT2D eigenvalue weighted by atomic mass is 32.2. The molecule has 2 aromatic rings. The molecular weight excluding hydrogens is 396 g/mol. The van der Waals surface area contributed by atoms with Gasteiger partial charge in [0.1, 0.15) is 11.5 Å². The van der Waals surface area contributed by atoms with Gasteiger partial charge in [0.05, 0.1) is 24.8 Å². The summed E-state index contributed by atoms with van der Waals surface area (Å²) in [4.78, 5) is 24.8. The third-order valence-electron chi connectivity index (χ3n) is 4.69. The zero-order valence-electron chi connectivity index (χ0n) is 16.3. The molecule has 8 nitrogen and oxygen atoms in total. The standard InChI is InChI=1S/C20H22N2O6S/c1-13(17-12-15(27-2)6-9-18(17)28-3)21-29(25,26)16-7-4-14(5-8-16)22-19(23)10-11-20(22)24/h4-9,12-13,21H,10-11H2,1-3H3/t13-/m1/s1. The number of hydrogen-bond donors (Lipinski definition) is 1. The van der Waals surface area contributed by atoms with E-state index in [0.717, 1.165) is 4.90 Å². The van der Waals surface area contributed by atoms with Crippen LogP contribution >= 0.6 is 0 Å². The van der Waals surface area contributed by atoms with Crippen molar-refractivity contribution in [2.75, 3.05) is 19.1 Å². The average Bonchev–Trinajstić information content (AvgIpc) is 3.05. The first-order valence-electron chi connectivity index (χ1n) is 8.97. The van der Waals surface area contributed by atoms with Crippen LogP contribution in [0.2, 0.25) is 0 Å². The molecule has 1 aliphatic heterocycles. The lowest BCUT2D eigenvalue weighted by molar-refractivity contribution is -0.121. The van der Waals surface area contributed by atoms with E-state index in [1.54, 1.807) is 25.1 Å². The molecule has 2 amide bonds. The third-order valence-corrected chi connectivity index (χ3v) is 6.25. The number of hydrogen-bond acceptors (Lipinski definition) is 6. The van der Waals surface area contributed by atoms with Gasteiger partial charge in [-0.05, 0) is 49.4 Å². The highest BCUT2D eigenvalue weighted by Crippen LogP contribution is 2.30.